The third-order valence-corrected chi connectivity index (χ3v) is 2.93. The smallest absolute Gasteiger partial charge is 0.335 e. The van der Waals surface area contributed by atoms with Gasteiger partial charge in [-0.2, -0.15) is 5.26 Å². The molecule has 90 valence electrons. The number of carboxylic acid groups (broad SMARTS) is 1. The van der Waals surface area contributed by atoms with Gasteiger partial charge in [-0.1, -0.05) is 11.6 Å². The van der Waals surface area contributed by atoms with Crippen molar-refractivity contribution in [2.45, 2.75) is 19.4 Å². The molecule has 0 aliphatic rings. The largest absolute Gasteiger partial charge is 0.478 e. The zero-order valence-corrected chi connectivity index (χ0v) is 10.4. The van der Waals surface area contributed by atoms with Crippen molar-refractivity contribution in [3.05, 3.63) is 28.8 Å². The average Bonchev–Trinajstić information content (AvgIpc) is 2.28. The summed E-state index contributed by atoms with van der Waals surface area (Å²) in [5.41, 5.74) is 0.875. The fourth-order valence-electron chi connectivity index (χ4n) is 1.43. The summed E-state index contributed by atoms with van der Waals surface area (Å²) in [6.45, 7) is 1.91. The summed E-state index contributed by atoms with van der Waals surface area (Å²) in [5.74, 6) is -1.01. The van der Waals surface area contributed by atoms with Crippen molar-refractivity contribution < 1.29 is 9.90 Å². The Labute approximate surface area is 105 Å². The first kappa shape index (κ1) is 13.3. The van der Waals surface area contributed by atoms with Crippen molar-refractivity contribution in [2.24, 2.45) is 0 Å². The first-order chi connectivity index (χ1) is 7.97. The van der Waals surface area contributed by atoms with Crippen LogP contribution in [0.25, 0.3) is 0 Å². The Bertz CT molecular complexity index is 468. The minimum absolute atomic E-state index is 0.0215. The van der Waals surface area contributed by atoms with Gasteiger partial charge >= 0.3 is 5.97 Å². The van der Waals surface area contributed by atoms with Crippen LogP contribution in [0.3, 0.4) is 0 Å². The topological polar surface area (TPSA) is 64.3 Å². The third-order valence-electron chi connectivity index (χ3n) is 2.62. The number of anilines is 1. The Hall–Kier alpha value is -1.73. The monoisotopic (exact) mass is 252 g/mol. The lowest BCUT2D eigenvalue weighted by Crippen LogP contribution is -2.28. The Morgan fingerprint density at radius 2 is 2.29 bits per heavy atom. The van der Waals surface area contributed by atoms with Crippen LogP contribution in [0.4, 0.5) is 5.69 Å². The van der Waals surface area contributed by atoms with Gasteiger partial charge in [-0.15, -0.1) is 0 Å². The van der Waals surface area contributed by atoms with E-state index in [-0.39, 0.29) is 11.6 Å². The normalized spacial score (nSPS) is 11.6. The van der Waals surface area contributed by atoms with Crippen LogP contribution in [0.5, 0.6) is 0 Å². The van der Waals surface area contributed by atoms with E-state index in [2.05, 4.69) is 6.07 Å². The molecule has 1 rings (SSSR count). The summed E-state index contributed by atoms with van der Waals surface area (Å²) in [5, 5.41) is 17.8. The Morgan fingerprint density at radius 1 is 1.65 bits per heavy atom. The molecule has 0 saturated carbocycles. The van der Waals surface area contributed by atoms with E-state index in [1.807, 2.05) is 18.9 Å². The first-order valence-corrected chi connectivity index (χ1v) is 5.47. The Balaban J connectivity index is 3.00. The minimum Gasteiger partial charge on any atom is -0.478 e. The molecule has 1 N–H and O–H groups in total. The van der Waals surface area contributed by atoms with E-state index in [1.165, 1.54) is 12.1 Å². The summed E-state index contributed by atoms with van der Waals surface area (Å²) in [4.78, 5) is 12.6. The molecule has 0 aromatic heterocycles. The summed E-state index contributed by atoms with van der Waals surface area (Å²) in [6.07, 6.45) is 0.382. The molecule has 0 fully saturated rings. The van der Waals surface area contributed by atoms with Gasteiger partial charge in [0.15, 0.2) is 0 Å². The second-order valence-electron chi connectivity index (χ2n) is 3.79. The maximum absolute atomic E-state index is 10.8. The van der Waals surface area contributed by atoms with Gasteiger partial charge in [0.2, 0.25) is 0 Å². The van der Waals surface area contributed by atoms with Gasteiger partial charge in [-0.3, -0.25) is 0 Å². The molecule has 0 bridgehead atoms. The Kier molecular flexibility index (Phi) is 4.36. The highest BCUT2D eigenvalue weighted by Crippen LogP contribution is 2.27. The fourth-order valence-corrected chi connectivity index (χ4v) is 1.75. The van der Waals surface area contributed by atoms with Crippen LogP contribution < -0.4 is 4.90 Å². The SMILES string of the molecule is CC(CC#N)N(C)c1ccc(C(=O)O)cc1Cl. The predicted octanol–water partition coefficient (Wildman–Crippen LogP) is 2.78. The van der Waals surface area contributed by atoms with Gasteiger partial charge in [0.05, 0.1) is 28.8 Å². The first-order valence-electron chi connectivity index (χ1n) is 5.10. The van der Waals surface area contributed by atoms with Gasteiger partial charge in [0.25, 0.3) is 0 Å². The van der Waals surface area contributed by atoms with E-state index in [4.69, 9.17) is 22.0 Å². The van der Waals surface area contributed by atoms with E-state index >= 15 is 0 Å². The molecule has 0 amide bonds. The minimum atomic E-state index is -1.01. The molecule has 4 nitrogen and oxygen atoms in total. The molecular weight excluding hydrogens is 240 g/mol. The number of benzene rings is 1. The number of aromatic carboxylic acids is 1. The van der Waals surface area contributed by atoms with Crippen LogP contribution in [0.15, 0.2) is 18.2 Å². The average molecular weight is 253 g/mol. The second kappa shape index (κ2) is 5.55. The zero-order chi connectivity index (χ0) is 13.0. The molecular formula is C12H13ClN2O2. The highest BCUT2D eigenvalue weighted by Gasteiger charge is 2.14. The number of carbonyl (C=O) groups is 1. The van der Waals surface area contributed by atoms with Crippen LogP contribution in [-0.4, -0.2) is 24.2 Å². The van der Waals surface area contributed by atoms with Crippen molar-refractivity contribution >= 4 is 23.3 Å². The van der Waals surface area contributed by atoms with Crippen LogP contribution >= 0.6 is 11.6 Å². The molecule has 1 atom stereocenters. The van der Waals surface area contributed by atoms with Crippen LogP contribution in [0.1, 0.15) is 23.7 Å². The van der Waals surface area contributed by atoms with Gasteiger partial charge in [0, 0.05) is 13.1 Å². The predicted molar refractivity (Wildman–Crippen MR) is 66.5 cm³/mol. The molecule has 1 aromatic rings. The highest BCUT2D eigenvalue weighted by atomic mass is 35.5. The van der Waals surface area contributed by atoms with Gasteiger partial charge in [0.1, 0.15) is 0 Å². The molecule has 1 aromatic carbocycles. The van der Waals surface area contributed by atoms with Crippen molar-refractivity contribution in [3.63, 3.8) is 0 Å². The number of nitrogens with zero attached hydrogens (tertiary/aromatic N) is 2. The molecule has 17 heavy (non-hydrogen) atoms. The molecule has 0 aliphatic carbocycles. The zero-order valence-electron chi connectivity index (χ0n) is 9.64. The number of halogens is 1. The van der Waals surface area contributed by atoms with E-state index in [1.54, 1.807) is 6.07 Å². The second-order valence-corrected chi connectivity index (χ2v) is 4.20. The molecule has 1 unspecified atom stereocenters. The summed E-state index contributed by atoms with van der Waals surface area (Å²) in [7, 11) is 1.82. The molecule has 0 spiro atoms. The number of nitriles is 1. The molecule has 0 heterocycles. The van der Waals surface area contributed by atoms with Crippen molar-refractivity contribution in [3.8, 4) is 6.07 Å². The van der Waals surface area contributed by atoms with Crippen molar-refractivity contribution in [1.82, 2.24) is 0 Å². The number of hydrogen-bond donors (Lipinski definition) is 1. The molecule has 0 radical (unpaired) electrons. The lowest BCUT2D eigenvalue weighted by Gasteiger charge is -2.26. The number of carboxylic acids is 1. The summed E-state index contributed by atoms with van der Waals surface area (Å²) in [6, 6.07) is 6.67. The van der Waals surface area contributed by atoms with Gasteiger partial charge in [-0.05, 0) is 25.1 Å². The molecule has 0 aliphatic heterocycles. The van der Waals surface area contributed by atoms with Gasteiger partial charge < -0.3 is 10.0 Å². The van der Waals surface area contributed by atoms with Crippen molar-refractivity contribution in [2.75, 3.05) is 11.9 Å². The highest BCUT2D eigenvalue weighted by molar-refractivity contribution is 6.33. The van der Waals surface area contributed by atoms with E-state index in [0.717, 1.165) is 5.69 Å². The maximum Gasteiger partial charge on any atom is 0.335 e. The number of hydrogen-bond acceptors (Lipinski definition) is 3. The van der Waals surface area contributed by atoms with Gasteiger partial charge in [-0.25, -0.2) is 4.79 Å². The molecule has 5 heteroatoms. The summed E-state index contributed by atoms with van der Waals surface area (Å²) >= 11 is 6.02. The standard InChI is InChI=1S/C12H13ClN2O2/c1-8(5-6-14)15(2)11-4-3-9(12(16)17)7-10(11)13/h3-4,7-8H,5H2,1-2H3,(H,16,17). The quantitative estimate of drug-likeness (QED) is 0.895. The van der Waals surface area contributed by atoms with E-state index in [0.29, 0.717) is 11.4 Å². The van der Waals surface area contributed by atoms with Crippen molar-refractivity contribution in [1.29, 1.82) is 5.26 Å². The van der Waals surface area contributed by atoms with E-state index < -0.39 is 5.97 Å². The fraction of sp³-hybridized carbons (Fsp3) is 0.333. The summed E-state index contributed by atoms with van der Waals surface area (Å²) < 4.78 is 0. The third kappa shape index (κ3) is 3.11. The van der Waals surface area contributed by atoms with Crippen LogP contribution in [0, 0.1) is 11.3 Å². The number of rotatable bonds is 4. The lowest BCUT2D eigenvalue weighted by atomic mass is 10.1. The van der Waals surface area contributed by atoms with Crippen LogP contribution in [0.2, 0.25) is 5.02 Å². The lowest BCUT2D eigenvalue weighted by molar-refractivity contribution is 0.0697. The molecule has 0 saturated heterocycles. The van der Waals surface area contributed by atoms with E-state index in [9.17, 15) is 4.79 Å². The maximum atomic E-state index is 10.8. The Morgan fingerprint density at radius 3 is 2.76 bits per heavy atom. The van der Waals surface area contributed by atoms with Crippen LogP contribution in [-0.2, 0) is 0 Å².